The van der Waals surface area contributed by atoms with Gasteiger partial charge in [-0.3, -0.25) is 18.7 Å². The number of carbonyl (C=O) groups excluding carboxylic acids is 1. The molecule has 4 rings (SSSR count). The van der Waals surface area contributed by atoms with Gasteiger partial charge in [-0.1, -0.05) is 25.5 Å². The summed E-state index contributed by atoms with van der Waals surface area (Å²) >= 11 is 5.87. The van der Waals surface area contributed by atoms with E-state index in [1.165, 1.54) is 26.2 Å². The average molecular weight is 589 g/mol. The van der Waals surface area contributed by atoms with Gasteiger partial charge in [0, 0.05) is 56.5 Å². The molecule has 3 heterocycles. The zero-order chi connectivity index (χ0) is 30.8. The lowest BCUT2D eigenvalue weighted by Gasteiger charge is -2.22. The highest BCUT2D eigenvalue weighted by Crippen LogP contribution is 2.39. The van der Waals surface area contributed by atoms with Gasteiger partial charge in [-0.05, 0) is 44.1 Å². The van der Waals surface area contributed by atoms with Crippen molar-refractivity contribution >= 4 is 29.2 Å². The Balaban J connectivity index is 1.66. The number of amides is 1. The quantitative estimate of drug-likeness (QED) is 0.177. The van der Waals surface area contributed by atoms with Crippen LogP contribution in [0.15, 0.2) is 58.3 Å². The number of nitriles is 1. The van der Waals surface area contributed by atoms with Crippen LogP contribution in [0.2, 0.25) is 0 Å². The van der Waals surface area contributed by atoms with Crippen LogP contribution in [0, 0.1) is 11.3 Å². The van der Waals surface area contributed by atoms with Crippen LogP contribution >= 0.6 is 11.6 Å². The highest BCUT2D eigenvalue weighted by atomic mass is 35.5. The maximum absolute atomic E-state index is 12.5. The van der Waals surface area contributed by atoms with E-state index in [1.54, 1.807) is 11.0 Å². The Labute approximate surface area is 249 Å². The van der Waals surface area contributed by atoms with E-state index >= 15 is 0 Å². The third-order valence-corrected chi connectivity index (χ3v) is 8.06. The largest absolute Gasteiger partial charge is 0.494 e. The summed E-state index contributed by atoms with van der Waals surface area (Å²) in [4.78, 5) is 38.7. The van der Waals surface area contributed by atoms with Gasteiger partial charge in [0.05, 0.1) is 17.1 Å². The molecule has 0 spiro atoms. The second kappa shape index (κ2) is 12.2. The number of halogens is 1. The minimum atomic E-state index is -0.633. The van der Waals surface area contributed by atoms with Crippen molar-refractivity contribution in [2.75, 3.05) is 12.4 Å². The molecule has 0 bridgehead atoms. The first-order valence-corrected chi connectivity index (χ1v) is 14.3. The second-order valence-electron chi connectivity index (χ2n) is 10.9. The van der Waals surface area contributed by atoms with Crippen molar-refractivity contribution in [1.29, 1.82) is 5.26 Å². The van der Waals surface area contributed by atoms with Gasteiger partial charge in [0.1, 0.15) is 11.4 Å². The summed E-state index contributed by atoms with van der Waals surface area (Å²) in [5, 5.41) is 20.3. The molecule has 0 saturated carbocycles. The van der Waals surface area contributed by atoms with Crippen molar-refractivity contribution < 1.29 is 14.5 Å². The molecule has 0 fully saturated rings. The molecular weight excluding hydrogens is 554 g/mol. The van der Waals surface area contributed by atoms with E-state index in [0.29, 0.717) is 24.2 Å². The number of hydrogen-bond donors (Lipinski definition) is 1. The molecule has 10 heteroatoms. The van der Waals surface area contributed by atoms with Crippen molar-refractivity contribution in [2.24, 2.45) is 14.1 Å². The Morgan fingerprint density at radius 1 is 1.19 bits per heavy atom. The lowest BCUT2D eigenvalue weighted by molar-refractivity contribution is -0.599. The van der Waals surface area contributed by atoms with Crippen molar-refractivity contribution in [3.63, 3.8) is 0 Å². The highest BCUT2D eigenvalue weighted by molar-refractivity contribution is 6.27. The Morgan fingerprint density at radius 2 is 1.93 bits per heavy atom. The van der Waals surface area contributed by atoms with Crippen molar-refractivity contribution in [3.05, 3.63) is 97.5 Å². The number of aromatic nitrogens is 3. The number of alkyl halides is 1. The number of rotatable bonds is 9. The maximum atomic E-state index is 12.5. The Bertz CT molecular complexity index is 1780. The first-order valence-electron chi connectivity index (χ1n) is 13.8. The number of pyridine rings is 1. The van der Waals surface area contributed by atoms with Gasteiger partial charge in [0.2, 0.25) is 17.5 Å². The topological polar surface area (TPSA) is 112 Å². The lowest BCUT2D eigenvalue weighted by Crippen LogP contribution is -2.37. The van der Waals surface area contributed by atoms with Crippen LogP contribution in [0.4, 0.5) is 0 Å². The SMILES string of the molecule is CCCCN(Cc1ccc2c(c1)C(C)(C)c1cc(/C(C#N)=C/C=C/c3c(O)n(C)c(=O)n(C)c3=O)cc[n+]1-2)C(=O)CCl. The van der Waals surface area contributed by atoms with Gasteiger partial charge in [-0.2, -0.15) is 9.83 Å². The van der Waals surface area contributed by atoms with Crippen LogP contribution in [0.3, 0.4) is 0 Å². The van der Waals surface area contributed by atoms with Crippen molar-refractivity contribution in [3.8, 4) is 17.6 Å². The monoisotopic (exact) mass is 588 g/mol. The number of aromatic hydroxyl groups is 1. The molecule has 0 radical (unpaired) electrons. The Hall–Kier alpha value is -4.42. The summed E-state index contributed by atoms with van der Waals surface area (Å²) in [6.45, 7) is 7.50. The fraction of sp³-hybridized carbons (Fsp3) is 0.344. The number of hydrogen-bond acceptors (Lipinski definition) is 5. The van der Waals surface area contributed by atoms with E-state index in [-0.39, 0.29) is 22.8 Å². The number of nitrogens with zero attached hydrogens (tertiary/aromatic N) is 5. The van der Waals surface area contributed by atoms with Crippen LogP contribution in [-0.2, 0) is 30.8 Å². The first kappa shape index (κ1) is 30.5. The van der Waals surface area contributed by atoms with Gasteiger partial charge in [0.15, 0.2) is 11.9 Å². The number of benzene rings is 1. The molecule has 0 atom stereocenters. The van der Waals surface area contributed by atoms with Gasteiger partial charge in [-0.15, -0.1) is 11.6 Å². The molecule has 2 aromatic heterocycles. The third kappa shape index (κ3) is 5.55. The van der Waals surface area contributed by atoms with E-state index < -0.39 is 17.1 Å². The van der Waals surface area contributed by atoms with Crippen LogP contribution in [-0.4, -0.2) is 37.5 Å². The highest BCUT2D eigenvalue weighted by Gasteiger charge is 2.44. The molecule has 1 aliphatic heterocycles. The smallest absolute Gasteiger partial charge is 0.333 e. The summed E-state index contributed by atoms with van der Waals surface area (Å²) in [5.74, 6) is -0.569. The zero-order valence-electron chi connectivity index (χ0n) is 24.5. The van der Waals surface area contributed by atoms with Crippen molar-refractivity contribution in [2.45, 2.75) is 45.6 Å². The summed E-state index contributed by atoms with van der Waals surface area (Å²) in [5.41, 5.74) is 3.56. The number of fused-ring (bicyclic) bond motifs is 3. The molecule has 3 aromatic rings. The van der Waals surface area contributed by atoms with Gasteiger partial charge in [0.25, 0.3) is 5.56 Å². The molecule has 1 N–H and O–H groups in total. The number of allylic oxidation sites excluding steroid dienone is 3. The molecular formula is C32H35ClN5O4+. The van der Waals surface area contributed by atoms with E-state index in [1.807, 2.05) is 24.4 Å². The van der Waals surface area contributed by atoms with Gasteiger partial charge >= 0.3 is 5.69 Å². The summed E-state index contributed by atoms with van der Waals surface area (Å²) in [6.07, 6.45) is 8.31. The predicted octanol–water partition coefficient (Wildman–Crippen LogP) is 3.69. The Morgan fingerprint density at radius 3 is 2.60 bits per heavy atom. The van der Waals surface area contributed by atoms with E-state index in [4.69, 9.17) is 11.6 Å². The average Bonchev–Trinajstić information content (AvgIpc) is 3.21. The first-order chi connectivity index (χ1) is 20.0. The summed E-state index contributed by atoms with van der Waals surface area (Å²) < 4.78 is 4.01. The molecule has 0 aliphatic carbocycles. The van der Waals surface area contributed by atoms with Gasteiger partial charge in [-0.25, -0.2) is 4.79 Å². The molecule has 1 amide bonds. The second-order valence-corrected chi connectivity index (χ2v) is 11.2. The summed E-state index contributed by atoms with van der Waals surface area (Å²) in [6, 6.07) is 12.3. The molecule has 218 valence electrons. The van der Waals surface area contributed by atoms with Crippen LogP contribution in [0.1, 0.15) is 61.6 Å². The third-order valence-electron chi connectivity index (χ3n) is 7.84. The van der Waals surface area contributed by atoms with Crippen molar-refractivity contribution in [1.82, 2.24) is 14.0 Å². The Kier molecular flexibility index (Phi) is 8.88. The van der Waals surface area contributed by atoms with Crippen LogP contribution < -0.4 is 15.8 Å². The van der Waals surface area contributed by atoms with E-state index in [9.17, 15) is 24.8 Å². The summed E-state index contributed by atoms with van der Waals surface area (Å²) in [7, 11) is 2.71. The normalized spacial score (nSPS) is 13.6. The molecule has 42 heavy (non-hydrogen) atoms. The number of unbranched alkanes of at least 4 members (excludes halogenated alkanes) is 1. The molecule has 1 aromatic carbocycles. The number of carbonyl (C=O) groups is 1. The minimum absolute atomic E-state index is 0.0447. The maximum Gasteiger partial charge on any atom is 0.333 e. The van der Waals surface area contributed by atoms with Crippen LogP contribution in [0.5, 0.6) is 5.88 Å². The van der Waals surface area contributed by atoms with Gasteiger partial charge < -0.3 is 10.0 Å². The molecule has 0 saturated heterocycles. The van der Waals surface area contributed by atoms with E-state index in [2.05, 4.69) is 43.5 Å². The molecule has 0 unspecified atom stereocenters. The van der Waals surface area contributed by atoms with E-state index in [0.717, 1.165) is 44.5 Å². The fourth-order valence-corrected chi connectivity index (χ4v) is 5.45. The fourth-order valence-electron chi connectivity index (χ4n) is 5.28. The van der Waals surface area contributed by atoms with Crippen LogP contribution in [0.25, 0.3) is 17.3 Å². The zero-order valence-corrected chi connectivity index (χ0v) is 25.3. The predicted molar refractivity (Wildman–Crippen MR) is 162 cm³/mol. The molecule has 9 nitrogen and oxygen atoms in total. The lowest BCUT2D eigenvalue weighted by atomic mass is 9.82. The minimum Gasteiger partial charge on any atom is -0.494 e. The molecule has 1 aliphatic rings. The standard InChI is InChI=1S/C32H34ClN5O4/c1-6-7-14-37(28(39)18-33)20-21-11-12-26-25(16-21)32(2,3)27-17-22(13-15-38(26)27)23(19-34)9-8-10-24-29(40)35(4)31(42)36(5)30(24)41/h8-13,15-17H,6-7,14,18,20H2,1-5H3/p+1.